The first-order valence-electron chi connectivity index (χ1n) is 8.40. The van der Waals surface area contributed by atoms with Crippen LogP contribution in [0.4, 0.5) is 5.82 Å². The number of ether oxygens (including phenoxy) is 1. The molecule has 0 unspecified atom stereocenters. The summed E-state index contributed by atoms with van der Waals surface area (Å²) in [7, 11) is 0. The highest BCUT2D eigenvalue weighted by Crippen LogP contribution is 2.21. The van der Waals surface area contributed by atoms with Gasteiger partial charge in [-0.3, -0.25) is 0 Å². The number of aromatic nitrogens is 2. The Kier molecular flexibility index (Phi) is 5.45. The smallest absolute Gasteiger partial charge is 0.218 e. The number of rotatable bonds is 6. The van der Waals surface area contributed by atoms with E-state index in [0.717, 1.165) is 22.4 Å². The van der Waals surface area contributed by atoms with E-state index in [2.05, 4.69) is 21.4 Å². The van der Waals surface area contributed by atoms with Crippen LogP contribution in [0.3, 0.4) is 0 Å². The SMILES string of the molecule is Cc1cc(C)c(C#N)c(NCc2cccnc2OCc2ccccc2)n1. The Bertz CT molecular complexity index is 932. The molecule has 0 aliphatic carbocycles. The predicted octanol–water partition coefficient (Wildman–Crippen LogP) is 4.16. The summed E-state index contributed by atoms with van der Waals surface area (Å²) in [5.41, 5.74) is 4.34. The Hall–Kier alpha value is -3.39. The van der Waals surface area contributed by atoms with Crippen molar-refractivity contribution in [2.45, 2.75) is 27.0 Å². The standard InChI is InChI=1S/C21H20N4O/c1-15-11-16(2)25-20(19(15)12-22)24-13-18-9-6-10-23-21(18)26-14-17-7-4-3-5-8-17/h3-11H,13-14H2,1-2H3,(H,24,25). The molecular weight excluding hydrogens is 324 g/mol. The van der Waals surface area contributed by atoms with E-state index in [1.54, 1.807) is 6.20 Å². The highest BCUT2D eigenvalue weighted by Gasteiger charge is 2.10. The molecule has 2 aromatic heterocycles. The van der Waals surface area contributed by atoms with Gasteiger partial charge >= 0.3 is 0 Å². The van der Waals surface area contributed by atoms with Gasteiger partial charge in [0.05, 0.1) is 5.56 Å². The van der Waals surface area contributed by atoms with E-state index in [1.165, 1.54) is 0 Å². The monoisotopic (exact) mass is 344 g/mol. The fourth-order valence-corrected chi connectivity index (χ4v) is 2.70. The molecule has 2 heterocycles. The minimum Gasteiger partial charge on any atom is -0.473 e. The second-order valence-corrected chi connectivity index (χ2v) is 6.01. The number of aryl methyl sites for hydroxylation is 2. The number of hydrogen-bond acceptors (Lipinski definition) is 5. The van der Waals surface area contributed by atoms with Crippen molar-refractivity contribution < 1.29 is 4.74 Å². The molecule has 0 bridgehead atoms. The Balaban J connectivity index is 1.74. The van der Waals surface area contributed by atoms with Gasteiger partial charge in [-0.25, -0.2) is 9.97 Å². The maximum atomic E-state index is 9.39. The number of nitrogens with zero attached hydrogens (tertiary/aromatic N) is 3. The Labute approximate surface area is 153 Å². The summed E-state index contributed by atoms with van der Waals surface area (Å²) in [5.74, 6) is 1.16. The normalized spacial score (nSPS) is 10.2. The number of hydrogen-bond donors (Lipinski definition) is 1. The fourth-order valence-electron chi connectivity index (χ4n) is 2.70. The van der Waals surface area contributed by atoms with Gasteiger partial charge in [0.1, 0.15) is 18.5 Å². The van der Waals surface area contributed by atoms with Crippen molar-refractivity contribution in [1.29, 1.82) is 5.26 Å². The molecule has 0 atom stereocenters. The van der Waals surface area contributed by atoms with Gasteiger partial charge in [-0.2, -0.15) is 5.26 Å². The van der Waals surface area contributed by atoms with E-state index in [4.69, 9.17) is 4.74 Å². The molecule has 0 amide bonds. The minimum atomic E-state index is 0.454. The first kappa shape index (κ1) is 17.4. The van der Waals surface area contributed by atoms with Gasteiger partial charge in [-0.1, -0.05) is 36.4 Å². The zero-order chi connectivity index (χ0) is 18.4. The molecule has 26 heavy (non-hydrogen) atoms. The quantitative estimate of drug-likeness (QED) is 0.727. The van der Waals surface area contributed by atoms with Crippen molar-refractivity contribution in [1.82, 2.24) is 9.97 Å². The van der Waals surface area contributed by atoms with Crippen LogP contribution in [-0.2, 0) is 13.2 Å². The van der Waals surface area contributed by atoms with Gasteiger partial charge < -0.3 is 10.1 Å². The van der Waals surface area contributed by atoms with Crippen molar-refractivity contribution in [3.05, 3.63) is 82.7 Å². The molecule has 130 valence electrons. The molecule has 5 heteroatoms. The first-order chi connectivity index (χ1) is 12.7. The molecule has 0 aliphatic rings. The van der Waals surface area contributed by atoms with Crippen LogP contribution >= 0.6 is 0 Å². The second kappa shape index (κ2) is 8.13. The van der Waals surface area contributed by atoms with Crippen LogP contribution in [0.25, 0.3) is 0 Å². The van der Waals surface area contributed by atoms with E-state index < -0.39 is 0 Å². The first-order valence-corrected chi connectivity index (χ1v) is 8.40. The molecule has 1 N–H and O–H groups in total. The van der Waals surface area contributed by atoms with Crippen molar-refractivity contribution >= 4 is 5.82 Å². The minimum absolute atomic E-state index is 0.454. The molecule has 5 nitrogen and oxygen atoms in total. The number of pyridine rings is 2. The molecule has 0 aliphatic heterocycles. The fraction of sp³-hybridized carbons (Fsp3) is 0.190. The Morgan fingerprint density at radius 1 is 1.12 bits per heavy atom. The van der Waals surface area contributed by atoms with Gasteiger partial charge in [0, 0.05) is 24.0 Å². The number of benzene rings is 1. The molecule has 0 saturated carbocycles. The molecule has 0 radical (unpaired) electrons. The lowest BCUT2D eigenvalue weighted by Crippen LogP contribution is -2.08. The molecule has 0 spiro atoms. The van der Waals surface area contributed by atoms with E-state index in [9.17, 15) is 5.26 Å². The van der Waals surface area contributed by atoms with Crippen LogP contribution in [0.5, 0.6) is 5.88 Å². The third-order valence-corrected chi connectivity index (χ3v) is 3.97. The summed E-state index contributed by atoms with van der Waals surface area (Å²) in [6.45, 7) is 4.76. The van der Waals surface area contributed by atoms with E-state index in [0.29, 0.717) is 30.4 Å². The van der Waals surface area contributed by atoms with Gasteiger partial charge in [0.2, 0.25) is 5.88 Å². The summed E-state index contributed by atoms with van der Waals surface area (Å²) in [6, 6.07) is 17.9. The van der Waals surface area contributed by atoms with Crippen molar-refractivity contribution in [2.24, 2.45) is 0 Å². The van der Waals surface area contributed by atoms with E-state index in [-0.39, 0.29) is 0 Å². The van der Waals surface area contributed by atoms with Crippen LogP contribution in [-0.4, -0.2) is 9.97 Å². The molecule has 1 aromatic carbocycles. The zero-order valence-corrected chi connectivity index (χ0v) is 14.9. The van der Waals surface area contributed by atoms with E-state index in [1.807, 2.05) is 62.4 Å². The van der Waals surface area contributed by atoms with Crippen LogP contribution in [0.2, 0.25) is 0 Å². The topological polar surface area (TPSA) is 70.8 Å². The summed E-state index contributed by atoms with van der Waals surface area (Å²) < 4.78 is 5.88. The summed E-state index contributed by atoms with van der Waals surface area (Å²) in [5, 5.41) is 12.6. The lowest BCUT2D eigenvalue weighted by molar-refractivity contribution is 0.291. The van der Waals surface area contributed by atoms with Gasteiger partial charge in [0.25, 0.3) is 0 Å². The maximum Gasteiger partial charge on any atom is 0.218 e. The summed E-state index contributed by atoms with van der Waals surface area (Å²) in [4.78, 5) is 8.78. The lowest BCUT2D eigenvalue weighted by atomic mass is 10.1. The third-order valence-electron chi connectivity index (χ3n) is 3.97. The van der Waals surface area contributed by atoms with E-state index >= 15 is 0 Å². The summed E-state index contributed by atoms with van der Waals surface area (Å²) >= 11 is 0. The molecular formula is C21H20N4O. The lowest BCUT2D eigenvalue weighted by Gasteiger charge is -2.13. The van der Waals surface area contributed by atoms with Crippen LogP contribution in [0, 0.1) is 25.2 Å². The van der Waals surface area contributed by atoms with Gasteiger partial charge in [-0.05, 0) is 37.1 Å². The van der Waals surface area contributed by atoms with Crippen molar-refractivity contribution in [2.75, 3.05) is 5.32 Å². The average Bonchev–Trinajstić information content (AvgIpc) is 2.66. The highest BCUT2D eigenvalue weighted by molar-refractivity contribution is 5.56. The summed E-state index contributed by atoms with van der Waals surface area (Å²) in [6.07, 6.45) is 1.71. The van der Waals surface area contributed by atoms with Crippen LogP contribution < -0.4 is 10.1 Å². The van der Waals surface area contributed by atoms with Crippen LogP contribution in [0.15, 0.2) is 54.7 Å². The van der Waals surface area contributed by atoms with Gasteiger partial charge in [-0.15, -0.1) is 0 Å². The van der Waals surface area contributed by atoms with Gasteiger partial charge in [0.15, 0.2) is 0 Å². The zero-order valence-electron chi connectivity index (χ0n) is 14.9. The number of nitriles is 1. The number of anilines is 1. The average molecular weight is 344 g/mol. The Morgan fingerprint density at radius 3 is 2.69 bits per heavy atom. The second-order valence-electron chi connectivity index (χ2n) is 6.01. The maximum absolute atomic E-state index is 9.39. The molecule has 0 saturated heterocycles. The third kappa shape index (κ3) is 4.17. The van der Waals surface area contributed by atoms with Crippen LogP contribution in [0.1, 0.15) is 27.9 Å². The molecule has 0 fully saturated rings. The van der Waals surface area contributed by atoms with Crippen molar-refractivity contribution in [3.63, 3.8) is 0 Å². The largest absolute Gasteiger partial charge is 0.473 e. The molecule has 3 rings (SSSR count). The van der Waals surface area contributed by atoms with Crippen molar-refractivity contribution in [3.8, 4) is 11.9 Å². The number of nitrogens with one attached hydrogen (secondary N) is 1. The Morgan fingerprint density at radius 2 is 1.92 bits per heavy atom. The molecule has 3 aromatic rings. The predicted molar refractivity (Wildman–Crippen MR) is 101 cm³/mol. The highest BCUT2D eigenvalue weighted by atomic mass is 16.5.